The second-order valence-electron chi connectivity index (χ2n) is 2.95. The molecule has 0 aromatic carbocycles. The lowest BCUT2D eigenvalue weighted by Gasteiger charge is -1.96. The lowest BCUT2D eigenvalue weighted by atomic mass is 10.3. The second-order valence-corrected chi connectivity index (χ2v) is 2.95. The molecule has 15 heavy (non-hydrogen) atoms. The van der Waals surface area contributed by atoms with Crippen molar-refractivity contribution in [3.8, 4) is 0 Å². The minimum absolute atomic E-state index is 0.167. The fourth-order valence-corrected chi connectivity index (χ4v) is 0.629. The van der Waals surface area contributed by atoms with E-state index in [2.05, 4.69) is 0 Å². The number of ether oxygens (including phenoxy) is 1. The number of carbonyl (C=O) groups is 1. The number of rotatable bonds is 8. The third kappa shape index (κ3) is 24.7. The van der Waals surface area contributed by atoms with Gasteiger partial charge in [0, 0.05) is 19.8 Å². The highest BCUT2D eigenvalue weighted by atomic mass is 16.5. The van der Waals surface area contributed by atoms with Crippen LogP contribution in [0.1, 0.15) is 32.6 Å². The van der Waals surface area contributed by atoms with E-state index in [1.54, 1.807) is 0 Å². The van der Waals surface area contributed by atoms with Crippen LogP contribution in [-0.4, -0.2) is 47.7 Å². The summed E-state index contributed by atoms with van der Waals surface area (Å²) < 4.78 is 4.74. The van der Waals surface area contributed by atoms with Crippen LogP contribution >= 0.6 is 0 Å². The maximum absolute atomic E-state index is 9.84. The van der Waals surface area contributed by atoms with Crippen molar-refractivity contribution in [2.75, 3.05) is 26.4 Å². The highest BCUT2D eigenvalue weighted by Gasteiger charge is 1.93. The first-order valence-corrected chi connectivity index (χ1v) is 5.20. The van der Waals surface area contributed by atoms with E-state index in [0.717, 1.165) is 25.7 Å². The number of aliphatic hydroxyl groups is 2. The lowest BCUT2D eigenvalue weighted by Crippen LogP contribution is -2.07. The zero-order chi connectivity index (χ0) is 11.9. The monoisotopic (exact) mass is 222 g/mol. The molecule has 0 aliphatic carbocycles. The fraction of sp³-hybridized carbons (Fsp3) is 0.900. The summed E-state index contributed by atoms with van der Waals surface area (Å²) in [6.07, 6.45) is 3.42. The Morgan fingerprint density at radius 2 is 1.67 bits per heavy atom. The van der Waals surface area contributed by atoms with Crippen LogP contribution in [0.4, 0.5) is 0 Å². The van der Waals surface area contributed by atoms with Gasteiger partial charge in [-0.05, 0) is 19.3 Å². The van der Waals surface area contributed by atoms with Crippen LogP contribution in [0.15, 0.2) is 0 Å². The average molecular weight is 222 g/mol. The topological polar surface area (TPSA) is 87.0 Å². The third-order valence-corrected chi connectivity index (χ3v) is 1.43. The highest BCUT2D eigenvalue weighted by Crippen LogP contribution is 1.86. The summed E-state index contributed by atoms with van der Waals surface area (Å²) in [6.45, 7) is 2.81. The Balaban J connectivity index is 0. The van der Waals surface area contributed by atoms with Gasteiger partial charge in [0.1, 0.15) is 6.61 Å². The molecule has 0 saturated carbocycles. The van der Waals surface area contributed by atoms with E-state index >= 15 is 0 Å². The molecule has 0 aromatic rings. The van der Waals surface area contributed by atoms with Gasteiger partial charge in [-0.3, -0.25) is 0 Å². The molecule has 0 bridgehead atoms. The van der Waals surface area contributed by atoms with Gasteiger partial charge in [-0.1, -0.05) is 13.3 Å². The largest absolute Gasteiger partial charge is 0.480 e. The molecule has 0 fully saturated rings. The van der Waals surface area contributed by atoms with Crippen LogP contribution in [0, 0.1) is 0 Å². The summed E-state index contributed by atoms with van der Waals surface area (Å²) in [6, 6.07) is 0. The normalized spacial score (nSPS) is 9.27. The van der Waals surface area contributed by atoms with Gasteiger partial charge in [0.2, 0.25) is 0 Å². The van der Waals surface area contributed by atoms with E-state index in [4.69, 9.17) is 20.1 Å². The first-order chi connectivity index (χ1) is 7.18. The molecule has 0 heterocycles. The molecule has 0 saturated heterocycles. The molecule has 3 N–H and O–H groups in total. The summed E-state index contributed by atoms with van der Waals surface area (Å²) in [4.78, 5) is 9.84. The molecule has 92 valence electrons. The van der Waals surface area contributed by atoms with Crippen molar-refractivity contribution in [1.29, 1.82) is 0 Å². The van der Waals surface area contributed by atoms with Gasteiger partial charge in [-0.25, -0.2) is 4.79 Å². The van der Waals surface area contributed by atoms with E-state index in [1.165, 1.54) is 0 Å². The van der Waals surface area contributed by atoms with Crippen molar-refractivity contribution in [3.63, 3.8) is 0 Å². The zero-order valence-electron chi connectivity index (χ0n) is 9.31. The van der Waals surface area contributed by atoms with E-state index in [0.29, 0.717) is 6.61 Å². The van der Waals surface area contributed by atoms with Crippen LogP contribution < -0.4 is 0 Å². The second kappa shape index (κ2) is 15.8. The Hall–Kier alpha value is -0.650. The van der Waals surface area contributed by atoms with Crippen molar-refractivity contribution in [2.45, 2.75) is 32.6 Å². The summed E-state index contributed by atoms with van der Waals surface area (Å²) in [5, 5.41) is 24.3. The van der Waals surface area contributed by atoms with Crippen LogP contribution in [0.5, 0.6) is 0 Å². The number of carboxylic acid groups (broad SMARTS) is 1. The summed E-state index contributed by atoms with van der Waals surface area (Å²) >= 11 is 0. The Kier molecular flexibility index (Phi) is 17.7. The smallest absolute Gasteiger partial charge is 0.329 e. The van der Waals surface area contributed by atoms with Crippen LogP contribution in [-0.2, 0) is 9.53 Å². The lowest BCUT2D eigenvalue weighted by molar-refractivity contribution is -0.142. The van der Waals surface area contributed by atoms with Crippen molar-refractivity contribution >= 4 is 5.97 Å². The van der Waals surface area contributed by atoms with Crippen molar-refractivity contribution in [3.05, 3.63) is 0 Å². The summed E-state index contributed by atoms with van der Waals surface area (Å²) in [5.41, 5.74) is 0. The van der Waals surface area contributed by atoms with Gasteiger partial charge in [0.15, 0.2) is 0 Å². The Morgan fingerprint density at radius 1 is 1.13 bits per heavy atom. The van der Waals surface area contributed by atoms with Crippen molar-refractivity contribution in [2.24, 2.45) is 0 Å². The molecule has 5 heteroatoms. The van der Waals surface area contributed by atoms with E-state index in [9.17, 15) is 4.79 Å². The molecule has 0 aliphatic rings. The molecule has 0 radical (unpaired) electrons. The van der Waals surface area contributed by atoms with Gasteiger partial charge in [0.25, 0.3) is 0 Å². The number of hydrogen-bond donors (Lipinski definition) is 3. The number of carboxylic acids is 1. The number of aliphatic carboxylic acids is 1. The predicted octanol–water partition coefficient (Wildman–Crippen LogP) is 0.639. The Morgan fingerprint density at radius 3 is 2.00 bits per heavy atom. The minimum Gasteiger partial charge on any atom is -0.480 e. The third-order valence-electron chi connectivity index (χ3n) is 1.43. The molecule has 0 aliphatic heterocycles. The van der Waals surface area contributed by atoms with E-state index in [1.807, 2.05) is 6.92 Å². The standard InChI is InChI=1S/C6H12O3.C4H10O2/c1-2-3-4-9-5-6(7)8;5-3-1-2-4-6/h2-5H2,1H3,(H,7,8);5-6H,1-4H2. The molecule has 0 unspecified atom stereocenters. The van der Waals surface area contributed by atoms with Gasteiger partial charge in [-0.2, -0.15) is 0 Å². The van der Waals surface area contributed by atoms with Gasteiger partial charge in [0.05, 0.1) is 0 Å². The molecule has 0 spiro atoms. The minimum atomic E-state index is -0.897. The first kappa shape index (κ1) is 16.8. The van der Waals surface area contributed by atoms with E-state index < -0.39 is 5.97 Å². The number of unbranched alkanes of at least 4 members (excludes halogenated alkanes) is 2. The SMILES string of the molecule is CCCCOCC(=O)O.OCCCCO. The quantitative estimate of drug-likeness (QED) is 0.525. The zero-order valence-corrected chi connectivity index (χ0v) is 9.31. The van der Waals surface area contributed by atoms with Gasteiger partial charge >= 0.3 is 5.97 Å². The maximum Gasteiger partial charge on any atom is 0.329 e. The first-order valence-electron chi connectivity index (χ1n) is 5.20. The van der Waals surface area contributed by atoms with Crippen LogP contribution in [0.2, 0.25) is 0 Å². The van der Waals surface area contributed by atoms with Gasteiger partial charge < -0.3 is 20.1 Å². The molecule has 0 rings (SSSR count). The van der Waals surface area contributed by atoms with Crippen LogP contribution in [0.25, 0.3) is 0 Å². The molecule has 0 atom stereocenters. The summed E-state index contributed by atoms with van der Waals surface area (Å²) in [5.74, 6) is -0.897. The molecule has 5 nitrogen and oxygen atoms in total. The summed E-state index contributed by atoms with van der Waals surface area (Å²) in [7, 11) is 0. The van der Waals surface area contributed by atoms with Crippen LogP contribution in [0.3, 0.4) is 0 Å². The highest BCUT2D eigenvalue weighted by molar-refractivity contribution is 5.67. The number of aliphatic hydroxyl groups excluding tert-OH is 2. The van der Waals surface area contributed by atoms with E-state index in [-0.39, 0.29) is 19.8 Å². The Labute approximate surface area is 90.7 Å². The van der Waals surface area contributed by atoms with Crippen molar-refractivity contribution < 1.29 is 24.9 Å². The molecular formula is C10H22O5. The molecule has 0 aromatic heterocycles. The number of hydrogen-bond acceptors (Lipinski definition) is 4. The molecule has 0 amide bonds. The predicted molar refractivity (Wildman–Crippen MR) is 56.8 cm³/mol. The maximum atomic E-state index is 9.84. The van der Waals surface area contributed by atoms with Gasteiger partial charge in [-0.15, -0.1) is 0 Å². The molecular weight excluding hydrogens is 200 g/mol. The Bertz CT molecular complexity index is 123. The average Bonchev–Trinajstić information content (AvgIpc) is 2.22. The fourth-order valence-electron chi connectivity index (χ4n) is 0.629. The van der Waals surface area contributed by atoms with Crippen molar-refractivity contribution in [1.82, 2.24) is 0 Å².